The Morgan fingerprint density at radius 3 is 2.66 bits per heavy atom. The first-order valence-corrected chi connectivity index (χ1v) is 12.4. The van der Waals surface area contributed by atoms with Gasteiger partial charge in [0, 0.05) is 36.8 Å². The largest absolute Gasteiger partial charge is 0.497 e. The van der Waals surface area contributed by atoms with Crippen molar-refractivity contribution in [2.24, 2.45) is 5.92 Å². The summed E-state index contributed by atoms with van der Waals surface area (Å²) in [6.07, 6.45) is 6.62. The van der Waals surface area contributed by atoms with Gasteiger partial charge in [-0.25, -0.2) is 4.79 Å². The Kier molecular flexibility index (Phi) is 8.00. The maximum absolute atomic E-state index is 12.8. The van der Waals surface area contributed by atoms with Crippen LogP contribution in [0, 0.1) is 5.92 Å². The average Bonchev–Trinajstić information content (AvgIpc) is 2.87. The topological polar surface area (TPSA) is 109 Å². The predicted molar refractivity (Wildman–Crippen MR) is 130 cm³/mol. The zero-order chi connectivity index (χ0) is 24.8. The Balaban J connectivity index is 1.26. The van der Waals surface area contributed by atoms with E-state index in [4.69, 9.17) is 9.72 Å². The lowest BCUT2D eigenvalue weighted by Gasteiger charge is -2.35. The Morgan fingerprint density at radius 1 is 1.17 bits per heavy atom. The van der Waals surface area contributed by atoms with Crippen LogP contribution in [0.3, 0.4) is 0 Å². The maximum Gasteiger partial charge on any atom is 0.331 e. The van der Waals surface area contributed by atoms with E-state index >= 15 is 0 Å². The van der Waals surface area contributed by atoms with Crippen LogP contribution in [0.15, 0.2) is 36.4 Å². The molecule has 1 saturated heterocycles. The number of benzene rings is 1. The number of pyridine rings is 1. The van der Waals surface area contributed by atoms with Crippen LogP contribution < -0.4 is 10.1 Å². The number of nitrogens with zero attached hydrogens (tertiary/aromatic N) is 2. The summed E-state index contributed by atoms with van der Waals surface area (Å²) in [5, 5.41) is 12.7. The Morgan fingerprint density at radius 2 is 1.94 bits per heavy atom. The van der Waals surface area contributed by atoms with E-state index < -0.39 is 17.9 Å². The summed E-state index contributed by atoms with van der Waals surface area (Å²) in [4.78, 5) is 43.6. The molecule has 1 aromatic carbocycles. The first-order valence-electron chi connectivity index (χ1n) is 12.4. The monoisotopic (exact) mass is 479 g/mol. The van der Waals surface area contributed by atoms with Gasteiger partial charge in [-0.3, -0.25) is 14.6 Å². The van der Waals surface area contributed by atoms with Gasteiger partial charge in [0.15, 0.2) is 6.04 Å². The minimum Gasteiger partial charge on any atom is -0.497 e. The van der Waals surface area contributed by atoms with E-state index in [1.807, 2.05) is 0 Å². The van der Waals surface area contributed by atoms with Crippen molar-refractivity contribution in [3.8, 4) is 5.75 Å². The summed E-state index contributed by atoms with van der Waals surface area (Å²) in [6.45, 7) is 0.745. The Hall–Kier alpha value is -3.42. The van der Waals surface area contributed by atoms with Gasteiger partial charge in [-0.15, -0.1) is 0 Å². The lowest BCUT2D eigenvalue weighted by Crippen LogP contribution is -2.47. The van der Waals surface area contributed by atoms with Crippen molar-refractivity contribution in [3.05, 3.63) is 58.9 Å². The molecule has 0 bridgehead atoms. The summed E-state index contributed by atoms with van der Waals surface area (Å²) in [5.41, 5.74) is 4.14. The Bertz CT molecular complexity index is 1070. The number of hydrogen-bond acceptors (Lipinski definition) is 5. The van der Waals surface area contributed by atoms with Crippen molar-refractivity contribution in [2.45, 2.75) is 57.4 Å². The van der Waals surface area contributed by atoms with E-state index in [2.05, 4.69) is 17.4 Å². The predicted octanol–water partition coefficient (Wildman–Crippen LogP) is 3.08. The number of aromatic nitrogens is 1. The number of carbonyl (C=O) groups is 3. The van der Waals surface area contributed by atoms with Crippen molar-refractivity contribution in [1.29, 1.82) is 0 Å². The molecule has 2 atom stereocenters. The molecule has 1 aliphatic carbocycles. The number of carboxylic acids is 1. The van der Waals surface area contributed by atoms with Crippen molar-refractivity contribution in [1.82, 2.24) is 15.2 Å². The average molecular weight is 480 g/mol. The first-order chi connectivity index (χ1) is 17.0. The smallest absolute Gasteiger partial charge is 0.331 e. The lowest BCUT2D eigenvalue weighted by molar-refractivity contribution is -0.154. The number of ether oxygens (including phenoxy) is 1. The van der Waals surface area contributed by atoms with E-state index in [9.17, 15) is 19.5 Å². The molecule has 35 heavy (non-hydrogen) atoms. The van der Waals surface area contributed by atoms with E-state index in [1.54, 1.807) is 24.3 Å². The van der Waals surface area contributed by atoms with Crippen molar-refractivity contribution >= 4 is 17.8 Å². The quantitative estimate of drug-likeness (QED) is 0.535. The SMILES string of the molecule is COc1ccc(C(C(=O)O)N2CCC(C(=O)NCCCc3ccc4c(n3)CCCC4)CC2=O)cc1. The molecule has 2 N–H and O–H groups in total. The van der Waals surface area contributed by atoms with Crippen LogP contribution in [0.25, 0.3) is 0 Å². The molecule has 1 aliphatic heterocycles. The summed E-state index contributed by atoms with van der Waals surface area (Å²) >= 11 is 0. The summed E-state index contributed by atoms with van der Waals surface area (Å²) in [5.74, 6) is -1.39. The third kappa shape index (κ3) is 5.99. The van der Waals surface area contributed by atoms with Crippen molar-refractivity contribution in [3.63, 3.8) is 0 Å². The van der Waals surface area contributed by atoms with Crippen LogP contribution in [0.5, 0.6) is 5.75 Å². The normalized spacial score (nSPS) is 18.5. The molecular weight excluding hydrogens is 446 g/mol. The molecule has 0 radical (unpaired) electrons. The third-order valence-electron chi connectivity index (χ3n) is 6.95. The molecule has 2 unspecified atom stereocenters. The van der Waals surface area contributed by atoms with Gasteiger partial charge in [0.1, 0.15) is 5.75 Å². The zero-order valence-corrected chi connectivity index (χ0v) is 20.2. The molecule has 0 saturated carbocycles. The number of piperidine rings is 1. The molecule has 2 heterocycles. The lowest BCUT2D eigenvalue weighted by atomic mass is 9.92. The standard InChI is InChI=1S/C27H33N3O5/c1-35-22-12-9-19(10-13-22)25(27(33)34)30-16-14-20(17-24(30)31)26(32)28-15-4-6-21-11-8-18-5-2-3-7-23(18)29-21/h8-13,20,25H,2-7,14-17H2,1H3,(H,28,32)(H,33,34). The minimum absolute atomic E-state index is 0.0120. The molecule has 8 nitrogen and oxygen atoms in total. The van der Waals surface area contributed by atoms with Gasteiger partial charge in [0.05, 0.1) is 7.11 Å². The summed E-state index contributed by atoms with van der Waals surface area (Å²) in [6, 6.07) is 9.85. The minimum atomic E-state index is -1.10. The van der Waals surface area contributed by atoms with Crippen LogP contribution in [0.1, 0.15) is 60.7 Å². The molecular formula is C27H33N3O5. The van der Waals surface area contributed by atoms with Gasteiger partial charge in [0.2, 0.25) is 11.8 Å². The number of nitrogens with one attached hydrogen (secondary N) is 1. The number of carbonyl (C=O) groups excluding carboxylic acids is 2. The molecule has 2 amide bonds. The fourth-order valence-electron chi connectivity index (χ4n) is 4.98. The number of aryl methyl sites for hydroxylation is 3. The second-order valence-corrected chi connectivity index (χ2v) is 9.30. The van der Waals surface area contributed by atoms with Gasteiger partial charge >= 0.3 is 5.97 Å². The molecule has 8 heteroatoms. The van der Waals surface area contributed by atoms with E-state index in [-0.39, 0.29) is 24.8 Å². The van der Waals surface area contributed by atoms with E-state index in [0.717, 1.165) is 31.4 Å². The van der Waals surface area contributed by atoms with Gasteiger partial charge in [0.25, 0.3) is 0 Å². The molecule has 1 fully saturated rings. The molecule has 0 spiro atoms. The summed E-state index contributed by atoms with van der Waals surface area (Å²) < 4.78 is 5.13. The van der Waals surface area contributed by atoms with Crippen LogP contribution in [-0.2, 0) is 33.6 Å². The molecule has 2 aliphatic rings. The van der Waals surface area contributed by atoms with Gasteiger partial charge < -0.3 is 20.1 Å². The highest BCUT2D eigenvalue weighted by Crippen LogP contribution is 2.29. The van der Waals surface area contributed by atoms with Crippen LogP contribution in [-0.4, -0.2) is 53.0 Å². The van der Waals surface area contributed by atoms with Crippen molar-refractivity contribution < 1.29 is 24.2 Å². The molecule has 186 valence electrons. The number of fused-ring (bicyclic) bond motifs is 1. The number of carboxylic acid groups (broad SMARTS) is 1. The van der Waals surface area contributed by atoms with E-state index in [0.29, 0.717) is 24.3 Å². The maximum atomic E-state index is 12.8. The number of rotatable bonds is 9. The number of amides is 2. The number of aliphatic carboxylic acids is 1. The molecule has 1 aromatic heterocycles. The highest BCUT2D eigenvalue weighted by molar-refractivity contribution is 5.90. The Labute approximate surface area is 205 Å². The van der Waals surface area contributed by atoms with Crippen LogP contribution in [0.2, 0.25) is 0 Å². The molecule has 2 aromatic rings. The van der Waals surface area contributed by atoms with Crippen molar-refractivity contribution in [2.75, 3.05) is 20.2 Å². The highest BCUT2D eigenvalue weighted by Gasteiger charge is 2.37. The fraction of sp³-hybridized carbons (Fsp3) is 0.481. The van der Waals surface area contributed by atoms with Crippen LogP contribution >= 0.6 is 0 Å². The number of likely N-dealkylation sites (tertiary alicyclic amines) is 1. The third-order valence-corrected chi connectivity index (χ3v) is 6.95. The van der Waals surface area contributed by atoms with Gasteiger partial charge in [-0.05, 0) is 74.3 Å². The second kappa shape index (κ2) is 11.3. The van der Waals surface area contributed by atoms with Gasteiger partial charge in [-0.1, -0.05) is 18.2 Å². The fourth-order valence-corrected chi connectivity index (χ4v) is 4.98. The van der Waals surface area contributed by atoms with E-state index in [1.165, 1.54) is 36.1 Å². The molecule has 4 rings (SSSR count). The number of methoxy groups -OCH3 is 1. The zero-order valence-electron chi connectivity index (χ0n) is 20.2. The number of hydrogen-bond donors (Lipinski definition) is 2. The highest BCUT2D eigenvalue weighted by atomic mass is 16.5. The second-order valence-electron chi connectivity index (χ2n) is 9.30. The van der Waals surface area contributed by atoms with Gasteiger partial charge in [-0.2, -0.15) is 0 Å². The first kappa shape index (κ1) is 24.7. The van der Waals surface area contributed by atoms with Crippen LogP contribution in [0.4, 0.5) is 0 Å². The summed E-state index contributed by atoms with van der Waals surface area (Å²) in [7, 11) is 1.54.